The lowest BCUT2D eigenvalue weighted by molar-refractivity contribution is 0.465. The molecule has 0 saturated heterocycles. The van der Waals surface area contributed by atoms with Crippen LogP contribution < -0.4 is 0 Å². The molecule has 1 heterocycles. The minimum absolute atomic E-state index is 0.297. The van der Waals surface area contributed by atoms with E-state index in [1.54, 1.807) is 11.8 Å². The molecule has 15 heavy (non-hydrogen) atoms. The van der Waals surface area contributed by atoms with Crippen LogP contribution in [-0.2, 0) is 0 Å². The summed E-state index contributed by atoms with van der Waals surface area (Å²) in [6.45, 7) is 6.63. The van der Waals surface area contributed by atoms with E-state index in [0.717, 1.165) is 22.1 Å². The standard InChI is InChI=1S/C12H15NOS/c1-12(2,3)8-15-11-13-9-6-4-5-7-10(9)14-11/h4-7H,8H2,1-3H3. The third kappa shape index (κ3) is 2.75. The Morgan fingerprint density at radius 3 is 2.67 bits per heavy atom. The smallest absolute Gasteiger partial charge is 0.256 e. The zero-order chi connectivity index (χ0) is 10.9. The van der Waals surface area contributed by atoms with Gasteiger partial charge in [0.2, 0.25) is 0 Å². The van der Waals surface area contributed by atoms with Gasteiger partial charge >= 0.3 is 0 Å². The minimum Gasteiger partial charge on any atom is -0.431 e. The molecular formula is C12H15NOS. The van der Waals surface area contributed by atoms with E-state index >= 15 is 0 Å². The Bertz CT molecular complexity index is 423. The fraction of sp³-hybridized carbons (Fsp3) is 0.417. The summed E-state index contributed by atoms with van der Waals surface area (Å²) in [5, 5.41) is 0.770. The molecule has 0 radical (unpaired) electrons. The largest absolute Gasteiger partial charge is 0.431 e. The zero-order valence-electron chi connectivity index (χ0n) is 9.28. The highest BCUT2D eigenvalue weighted by atomic mass is 32.2. The number of rotatable bonds is 2. The van der Waals surface area contributed by atoms with Gasteiger partial charge in [0.15, 0.2) is 5.58 Å². The van der Waals surface area contributed by atoms with Crippen LogP contribution in [0.1, 0.15) is 20.8 Å². The van der Waals surface area contributed by atoms with Crippen LogP contribution in [0.25, 0.3) is 11.1 Å². The van der Waals surface area contributed by atoms with Gasteiger partial charge in [0.25, 0.3) is 5.22 Å². The average molecular weight is 221 g/mol. The predicted molar refractivity (Wildman–Crippen MR) is 64.2 cm³/mol. The van der Waals surface area contributed by atoms with E-state index in [1.807, 2.05) is 24.3 Å². The van der Waals surface area contributed by atoms with Gasteiger partial charge in [0.05, 0.1) is 0 Å². The Morgan fingerprint density at radius 1 is 1.27 bits per heavy atom. The van der Waals surface area contributed by atoms with E-state index in [2.05, 4.69) is 25.8 Å². The van der Waals surface area contributed by atoms with Crippen LogP contribution >= 0.6 is 11.8 Å². The maximum atomic E-state index is 5.62. The van der Waals surface area contributed by atoms with Gasteiger partial charge in [0.1, 0.15) is 5.52 Å². The summed E-state index contributed by atoms with van der Waals surface area (Å²) >= 11 is 1.68. The van der Waals surface area contributed by atoms with Crippen LogP contribution in [0.4, 0.5) is 0 Å². The van der Waals surface area contributed by atoms with Gasteiger partial charge in [-0.25, -0.2) is 4.98 Å². The zero-order valence-corrected chi connectivity index (χ0v) is 10.1. The second-order valence-electron chi connectivity index (χ2n) is 4.80. The number of hydrogen-bond donors (Lipinski definition) is 0. The molecule has 0 spiro atoms. The predicted octanol–water partition coefficient (Wildman–Crippen LogP) is 3.97. The number of thioether (sulfide) groups is 1. The number of nitrogens with zero attached hydrogens (tertiary/aromatic N) is 1. The molecule has 1 aromatic carbocycles. The lowest BCUT2D eigenvalue weighted by Gasteiger charge is -2.15. The van der Waals surface area contributed by atoms with E-state index in [0.29, 0.717) is 5.41 Å². The molecular weight excluding hydrogens is 206 g/mol. The van der Waals surface area contributed by atoms with Gasteiger partial charge in [-0.1, -0.05) is 44.7 Å². The summed E-state index contributed by atoms with van der Waals surface area (Å²) in [5.41, 5.74) is 2.11. The number of fused-ring (bicyclic) bond motifs is 1. The molecule has 0 amide bonds. The molecule has 0 aliphatic heterocycles. The van der Waals surface area contributed by atoms with Gasteiger partial charge in [-0.2, -0.15) is 0 Å². The molecule has 3 heteroatoms. The first kappa shape index (κ1) is 10.6. The number of hydrogen-bond acceptors (Lipinski definition) is 3. The quantitative estimate of drug-likeness (QED) is 0.718. The molecule has 2 nitrogen and oxygen atoms in total. The third-order valence-corrected chi connectivity index (χ3v) is 3.33. The number of aromatic nitrogens is 1. The van der Waals surface area contributed by atoms with E-state index in [-0.39, 0.29) is 0 Å². The first-order valence-electron chi connectivity index (χ1n) is 5.03. The third-order valence-electron chi connectivity index (χ3n) is 1.90. The van der Waals surface area contributed by atoms with Crippen molar-refractivity contribution in [2.75, 3.05) is 5.75 Å². The molecule has 0 bridgehead atoms. The highest BCUT2D eigenvalue weighted by molar-refractivity contribution is 7.99. The fourth-order valence-electron chi connectivity index (χ4n) is 1.19. The SMILES string of the molecule is CC(C)(C)CSc1nc2ccccc2o1. The van der Waals surface area contributed by atoms with Crippen molar-refractivity contribution < 1.29 is 4.42 Å². The van der Waals surface area contributed by atoms with Crippen LogP contribution in [0.15, 0.2) is 33.9 Å². The Balaban J connectivity index is 2.16. The van der Waals surface area contributed by atoms with Crippen LogP contribution in [0, 0.1) is 5.41 Å². The maximum Gasteiger partial charge on any atom is 0.256 e. The molecule has 0 saturated carbocycles. The number of para-hydroxylation sites is 2. The molecule has 80 valence electrons. The number of benzene rings is 1. The fourth-order valence-corrected chi connectivity index (χ4v) is 2.06. The van der Waals surface area contributed by atoms with Crippen molar-refractivity contribution in [2.24, 2.45) is 5.41 Å². The first-order chi connectivity index (χ1) is 7.04. The molecule has 0 fully saturated rings. The van der Waals surface area contributed by atoms with Crippen molar-refractivity contribution in [1.29, 1.82) is 0 Å². The highest BCUT2D eigenvalue weighted by Gasteiger charge is 2.13. The molecule has 0 aliphatic rings. The van der Waals surface area contributed by atoms with E-state index in [9.17, 15) is 0 Å². The second kappa shape index (κ2) is 3.89. The lowest BCUT2D eigenvalue weighted by atomic mass is 10.0. The Kier molecular flexibility index (Phi) is 2.74. The van der Waals surface area contributed by atoms with Crippen molar-refractivity contribution in [3.63, 3.8) is 0 Å². The van der Waals surface area contributed by atoms with Crippen molar-refractivity contribution in [3.05, 3.63) is 24.3 Å². The molecule has 2 aromatic rings. The number of oxazole rings is 1. The molecule has 0 atom stereocenters. The summed E-state index contributed by atoms with van der Waals surface area (Å²) in [6, 6.07) is 7.86. The van der Waals surface area contributed by atoms with E-state index in [1.165, 1.54) is 0 Å². The van der Waals surface area contributed by atoms with Crippen LogP contribution in [0.3, 0.4) is 0 Å². The summed E-state index contributed by atoms with van der Waals surface area (Å²) in [6.07, 6.45) is 0. The van der Waals surface area contributed by atoms with Crippen molar-refractivity contribution in [3.8, 4) is 0 Å². The van der Waals surface area contributed by atoms with Crippen molar-refractivity contribution >= 4 is 22.9 Å². The Hall–Kier alpha value is -0.960. The van der Waals surface area contributed by atoms with Crippen molar-refractivity contribution in [2.45, 2.75) is 26.0 Å². The lowest BCUT2D eigenvalue weighted by Crippen LogP contribution is -2.07. The average Bonchev–Trinajstić information content (AvgIpc) is 2.56. The monoisotopic (exact) mass is 221 g/mol. The van der Waals surface area contributed by atoms with Crippen LogP contribution in [0.5, 0.6) is 0 Å². The summed E-state index contributed by atoms with van der Waals surface area (Å²) in [7, 11) is 0. The van der Waals surface area contributed by atoms with Gasteiger partial charge in [-0.3, -0.25) is 0 Å². The van der Waals surface area contributed by atoms with Gasteiger partial charge in [-0.15, -0.1) is 0 Å². The molecule has 1 aromatic heterocycles. The Morgan fingerprint density at radius 2 is 2.00 bits per heavy atom. The van der Waals surface area contributed by atoms with Crippen LogP contribution in [0.2, 0.25) is 0 Å². The highest BCUT2D eigenvalue weighted by Crippen LogP contribution is 2.28. The van der Waals surface area contributed by atoms with Crippen molar-refractivity contribution in [1.82, 2.24) is 4.98 Å². The van der Waals surface area contributed by atoms with E-state index in [4.69, 9.17) is 4.42 Å². The first-order valence-corrected chi connectivity index (χ1v) is 6.01. The van der Waals surface area contributed by atoms with Gasteiger partial charge in [0, 0.05) is 5.75 Å². The summed E-state index contributed by atoms with van der Waals surface area (Å²) < 4.78 is 5.62. The van der Waals surface area contributed by atoms with Gasteiger partial charge < -0.3 is 4.42 Å². The summed E-state index contributed by atoms with van der Waals surface area (Å²) in [5.74, 6) is 1.01. The van der Waals surface area contributed by atoms with Gasteiger partial charge in [-0.05, 0) is 17.5 Å². The Labute approximate surface area is 94.1 Å². The minimum atomic E-state index is 0.297. The topological polar surface area (TPSA) is 26.0 Å². The van der Waals surface area contributed by atoms with E-state index < -0.39 is 0 Å². The molecule has 0 unspecified atom stereocenters. The molecule has 0 N–H and O–H groups in total. The summed E-state index contributed by atoms with van der Waals surface area (Å²) in [4.78, 5) is 4.41. The molecule has 0 aliphatic carbocycles. The normalized spacial score (nSPS) is 12.2. The second-order valence-corrected chi connectivity index (χ2v) is 5.72. The molecule has 2 rings (SSSR count). The maximum absolute atomic E-state index is 5.62. The van der Waals surface area contributed by atoms with Crippen LogP contribution in [-0.4, -0.2) is 10.7 Å².